The molecule has 0 spiro atoms. The number of nitrogens with one attached hydrogen (secondary N) is 2. The number of carbonyl (C=O) groups excluding carboxylic acids is 1. The molecule has 2 aromatic carbocycles. The molecule has 0 unspecified atom stereocenters. The first kappa shape index (κ1) is 23.3. The van der Waals surface area contributed by atoms with E-state index < -0.39 is 5.82 Å². The number of aromatic amines is 1. The molecule has 1 aliphatic heterocycles. The molecule has 174 valence electrons. The molecule has 0 aliphatic carbocycles. The lowest BCUT2D eigenvalue weighted by molar-refractivity contribution is 0.148. The van der Waals surface area contributed by atoms with Gasteiger partial charge in [0.15, 0.2) is 0 Å². The molecule has 1 fully saturated rings. The van der Waals surface area contributed by atoms with Crippen molar-refractivity contribution in [2.75, 3.05) is 32.0 Å². The predicted molar refractivity (Wildman–Crippen MR) is 130 cm³/mol. The van der Waals surface area contributed by atoms with Crippen LogP contribution >= 0.6 is 11.6 Å². The number of carbonyl (C=O) groups is 1. The van der Waals surface area contributed by atoms with E-state index in [-0.39, 0.29) is 22.7 Å². The van der Waals surface area contributed by atoms with Crippen molar-refractivity contribution in [2.24, 2.45) is 5.92 Å². The van der Waals surface area contributed by atoms with Crippen LogP contribution in [0.2, 0.25) is 5.02 Å². The summed E-state index contributed by atoms with van der Waals surface area (Å²) in [5, 5.41) is 4.23. The molecule has 0 saturated carbocycles. The van der Waals surface area contributed by atoms with Crippen LogP contribution in [0.5, 0.6) is 0 Å². The Morgan fingerprint density at radius 2 is 1.94 bits per heavy atom. The lowest BCUT2D eigenvalue weighted by Crippen LogP contribution is -2.43. The number of H-pyrrole nitrogens is 1. The number of likely N-dealkylation sites (tertiary alicyclic amines) is 1. The molecule has 2 amide bonds. The summed E-state index contributed by atoms with van der Waals surface area (Å²) in [4.78, 5) is 32.7. The van der Waals surface area contributed by atoms with Crippen LogP contribution in [0.4, 0.5) is 14.9 Å². The summed E-state index contributed by atoms with van der Waals surface area (Å²) in [5.41, 5.74) is 1.14. The standard InChI is InChI=1S/C25H28ClFN4O2/c1-16(21-14-28-24(32)20-6-4-3-5-19(20)21)31(15-17-9-11-30(2)12-10-17)25(33)29-18-7-8-23(27)22(26)13-18/h3-8,13-14,16-17H,9-12,15H2,1-2H3,(H,28,32)(H,29,33)/t16-/m1/s1. The Kier molecular flexibility index (Phi) is 7.00. The van der Waals surface area contributed by atoms with Crippen molar-refractivity contribution < 1.29 is 9.18 Å². The van der Waals surface area contributed by atoms with Gasteiger partial charge in [-0.05, 0) is 81.0 Å². The molecule has 6 nitrogen and oxygen atoms in total. The lowest BCUT2D eigenvalue weighted by Gasteiger charge is -2.36. The Balaban J connectivity index is 1.66. The van der Waals surface area contributed by atoms with E-state index in [1.807, 2.05) is 25.1 Å². The molecule has 3 aromatic rings. The molecule has 2 heterocycles. The minimum atomic E-state index is -0.536. The minimum Gasteiger partial charge on any atom is -0.328 e. The highest BCUT2D eigenvalue weighted by molar-refractivity contribution is 6.31. The molecule has 0 bridgehead atoms. The Morgan fingerprint density at radius 1 is 1.24 bits per heavy atom. The molecule has 0 radical (unpaired) electrons. The van der Waals surface area contributed by atoms with Crippen LogP contribution in [-0.2, 0) is 0 Å². The van der Waals surface area contributed by atoms with Gasteiger partial charge in [0.25, 0.3) is 5.56 Å². The molecule has 1 atom stereocenters. The number of aromatic nitrogens is 1. The fraction of sp³-hybridized carbons (Fsp3) is 0.360. The third-order valence-electron chi connectivity index (χ3n) is 6.48. The maximum Gasteiger partial charge on any atom is 0.322 e. The first-order valence-corrected chi connectivity index (χ1v) is 11.5. The van der Waals surface area contributed by atoms with E-state index in [0.717, 1.165) is 36.9 Å². The summed E-state index contributed by atoms with van der Waals surface area (Å²) < 4.78 is 13.6. The second-order valence-electron chi connectivity index (χ2n) is 8.75. The highest BCUT2D eigenvalue weighted by Gasteiger charge is 2.28. The van der Waals surface area contributed by atoms with Crippen molar-refractivity contribution in [2.45, 2.75) is 25.8 Å². The van der Waals surface area contributed by atoms with Crippen LogP contribution in [0.1, 0.15) is 31.4 Å². The number of anilines is 1. The minimum absolute atomic E-state index is 0.0469. The number of piperidine rings is 1. The summed E-state index contributed by atoms with van der Waals surface area (Å²) in [6.45, 7) is 4.52. The van der Waals surface area contributed by atoms with E-state index in [1.54, 1.807) is 17.2 Å². The number of hydrogen-bond acceptors (Lipinski definition) is 3. The third-order valence-corrected chi connectivity index (χ3v) is 6.77. The van der Waals surface area contributed by atoms with Gasteiger partial charge < -0.3 is 20.1 Å². The lowest BCUT2D eigenvalue weighted by atomic mass is 9.94. The van der Waals surface area contributed by atoms with Crippen molar-refractivity contribution in [1.29, 1.82) is 0 Å². The van der Waals surface area contributed by atoms with Gasteiger partial charge in [-0.1, -0.05) is 29.8 Å². The molecule has 8 heteroatoms. The topological polar surface area (TPSA) is 68.4 Å². The highest BCUT2D eigenvalue weighted by atomic mass is 35.5. The van der Waals surface area contributed by atoms with Crippen LogP contribution in [0.25, 0.3) is 10.8 Å². The van der Waals surface area contributed by atoms with Crippen LogP contribution in [0, 0.1) is 11.7 Å². The first-order chi connectivity index (χ1) is 15.8. The number of rotatable bonds is 5. The fourth-order valence-corrected chi connectivity index (χ4v) is 4.63. The number of halogens is 2. The van der Waals surface area contributed by atoms with Gasteiger partial charge in [-0.3, -0.25) is 4.79 Å². The van der Waals surface area contributed by atoms with Crippen LogP contribution < -0.4 is 10.9 Å². The van der Waals surface area contributed by atoms with E-state index in [0.29, 0.717) is 23.5 Å². The van der Waals surface area contributed by atoms with Crippen molar-refractivity contribution >= 4 is 34.1 Å². The first-order valence-electron chi connectivity index (χ1n) is 11.1. The largest absolute Gasteiger partial charge is 0.328 e. The molecule has 2 N–H and O–H groups in total. The van der Waals surface area contributed by atoms with Crippen molar-refractivity contribution in [3.63, 3.8) is 0 Å². The van der Waals surface area contributed by atoms with Crippen molar-refractivity contribution in [3.8, 4) is 0 Å². The molecule has 4 rings (SSSR count). The van der Waals surface area contributed by atoms with E-state index in [4.69, 9.17) is 11.6 Å². The van der Waals surface area contributed by atoms with Gasteiger partial charge in [0, 0.05) is 23.8 Å². The molecular weight excluding hydrogens is 443 g/mol. The fourth-order valence-electron chi connectivity index (χ4n) is 4.45. The number of fused-ring (bicyclic) bond motifs is 1. The van der Waals surface area contributed by atoms with Crippen LogP contribution in [0.3, 0.4) is 0 Å². The number of amides is 2. The number of nitrogens with zero attached hydrogens (tertiary/aromatic N) is 2. The number of urea groups is 1. The maximum atomic E-state index is 13.6. The third kappa shape index (κ3) is 5.20. The zero-order valence-electron chi connectivity index (χ0n) is 18.8. The second-order valence-corrected chi connectivity index (χ2v) is 9.16. The van der Waals surface area contributed by atoms with Gasteiger partial charge >= 0.3 is 6.03 Å². The van der Waals surface area contributed by atoms with Crippen LogP contribution in [-0.4, -0.2) is 47.5 Å². The predicted octanol–water partition coefficient (Wildman–Crippen LogP) is 5.26. The van der Waals surface area contributed by atoms with Gasteiger partial charge in [-0.2, -0.15) is 0 Å². The van der Waals surface area contributed by atoms with Gasteiger partial charge in [-0.25, -0.2) is 9.18 Å². The van der Waals surface area contributed by atoms with Gasteiger partial charge in [-0.15, -0.1) is 0 Å². The monoisotopic (exact) mass is 470 g/mol. The second kappa shape index (κ2) is 9.93. The molecule has 33 heavy (non-hydrogen) atoms. The number of benzene rings is 2. The zero-order chi connectivity index (χ0) is 23.5. The summed E-state index contributed by atoms with van der Waals surface area (Å²) in [6.07, 6.45) is 3.70. The average Bonchev–Trinajstić information content (AvgIpc) is 2.81. The van der Waals surface area contributed by atoms with Crippen molar-refractivity contribution in [1.82, 2.24) is 14.8 Å². The number of pyridine rings is 1. The summed E-state index contributed by atoms with van der Waals surface area (Å²) in [7, 11) is 2.11. The van der Waals surface area contributed by atoms with Crippen LogP contribution in [0.15, 0.2) is 53.5 Å². The van der Waals surface area contributed by atoms with Gasteiger partial charge in [0.1, 0.15) is 5.82 Å². The number of hydrogen-bond donors (Lipinski definition) is 2. The smallest absolute Gasteiger partial charge is 0.322 e. The highest BCUT2D eigenvalue weighted by Crippen LogP contribution is 2.29. The van der Waals surface area contributed by atoms with E-state index in [1.165, 1.54) is 18.2 Å². The Bertz CT molecular complexity index is 1210. The summed E-state index contributed by atoms with van der Waals surface area (Å²) >= 11 is 5.91. The molecule has 1 aromatic heterocycles. The summed E-state index contributed by atoms with van der Waals surface area (Å²) in [5.74, 6) is -0.175. The zero-order valence-corrected chi connectivity index (χ0v) is 19.5. The maximum absolute atomic E-state index is 13.6. The van der Waals surface area contributed by atoms with Crippen molar-refractivity contribution in [3.05, 3.63) is 75.4 Å². The SMILES string of the molecule is C[C@H](c1c[nH]c(=O)c2ccccc12)N(CC1CCN(C)CC1)C(=O)Nc1ccc(F)c(Cl)c1. The molecule has 1 aliphatic rings. The van der Waals surface area contributed by atoms with E-state index in [9.17, 15) is 14.0 Å². The average molecular weight is 471 g/mol. The Morgan fingerprint density at radius 3 is 2.64 bits per heavy atom. The Labute approximate surface area is 197 Å². The molecular formula is C25H28ClFN4O2. The Hall–Kier alpha value is -2.90. The summed E-state index contributed by atoms with van der Waals surface area (Å²) in [6, 6.07) is 10.9. The normalized spacial score (nSPS) is 16.0. The van der Waals surface area contributed by atoms with E-state index >= 15 is 0 Å². The quantitative estimate of drug-likeness (QED) is 0.534. The molecule has 1 saturated heterocycles. The van der Waals surface area contributed by atoms with E-state index in [2.05, 4.69) is 22.2 Å². The van der Waals surface area contributed by atoms with Gasteiger partial charge in [0.2, 0.25) is 0 Å². The van der Waals surface area contributed by atoms with Gasteiger partial charge in [0.05, 0.1) is 11.1 Å².